The smallest absolute Gasteiger partial charge is 0.126 e. The maximum Gasteiger partial charge on any atom is 0.126 e. The molecule has 2 bridgehead atoms. The van der Waals surface area contributed by atoms with Crippen molar-refractivity contribution < 1.29 is 4.39 Å². The molecule has 0 saturated carbocycles. The van der Waals surface area contributed by atoms with Crippen molar-refractivity contribution in [2.24, 2.45) is 5.92 Å². The van der Waals surface area contributed by atoms with Gasteiger partial charge in [-0.3, -0.25) is 0 Å². The summed E-state index contributed by atoms with van der Waals surface area (Å²) in [7, 11) is 2.28. The van der Waals surface area contributed by atoms with E-state index in [0.29, 0.717) is 12.0 Å². The van der Waals surface area contributed by atoms with E-state index in [9.17, 15) is 4.39 Å². The minimum absolute atomic E-state index is 0.0996. The number of benzene rings is 1. The predicted octanol–water partition coefficient (Wildman–Crippen LogP) is 3.66. The largest absolute Gasteiger partial charge is 0.310 e. The zero-order valence-electron chi connectivity index (χ0n) is 13.4. The van der Waals surface area contributed by atoms with Crippen molar-refractivity contribution in [3.63, 3.8) is 0 Å². The van der Waals surface area contributed by atoms with Crippen LogP contribution < -0.4 is 5.32 Å². The van der Waals surface area contributed by atoms with Gasteiger partial charge in [0.25, 0.3) is 0 Å². The molecule has 0 aliphatic carbocycles. The van der Waals surface area contributed by atoms with E-state index in [1.165, 1.54) is 31.2 Å². The van der Waals surface area contributed by atoms with Gasteiger partial charge in [-0.25, -0.2) is 4.39 Å². The number of piperidine rings is 1. The lowest BCUT2D eigenvalue weighted by atomic mass is 9.81. The fourth-order valence-corrected chi connectivity index (χ4v) is 4.36. The number of nitrogens with one attached hydrogen (secondary N) is 1. The summed E-state index contributed by atoms with van der Waals surface area (Å²) in [4.78, 5) is 2.58. The van der Waals surface area contributed by atoms with Gasteiger partial charge in [0.05, 0.1) is 0 Å². The molecule has 2 aliphatic heterocycles. The first-order valence-electron chi connectivity index (χ1n) is 8.31. The third-order valence-electron chi connectivity index (χ3n) is 5.57. The maximum atomic E-state index is 13.5. The molecule has 1 N–H and O–H groups in total. The highest BCUT2D eigenvalue weighted by atomic mass is 19.1. The summed E-state index contributed by atoms with van der Waals surface area (Å²) in [5, 5.41) is 3.66. The molecule has 116 valence electrons. The summed E-state index contributed by atoms with van der Waals surface area (Å²) in [6, 6.07) is 7.48. The number of hydrogen-bond donors (Lipinski definition) is 1. The van der Waals surface area contributed by atoms with Gasteiger partial charge in [0, 0.05) is 18.1 Å². The molecular weight excluding hydrogens is 263 g/mol. The molecule has 3 atom stereocenters. The third kappa shape index (κ3) is 2.86. The Kier molecular flexibility index (Phi) is 4.32. The number of aryl methyl sites for hydroxylation is 1. The van der Waals surface area contributed by atoms with E-state index < -0.39 is 0 Å². The van der Waals surface area contributed by atoms with Crippen molar-refractivity contribution in [1.29, 1.82) is 0 Å². The fraction of sp³-hybridized carbons (Fsp3) is 0.667. The zero-order valence-corrected chi connectivity index (χ0v) is 13.4. The van der Waals surface area contributed by atoms with E-state index in [4.69, 9.17) is 0 Å². The van der Waals surface area contributed by atoms with Crippen molar-refractivity contribution in [2.75, 3.05) is 13.6 Å². The van der Waals surface area contributed by atoms with Crippen LogP contribution >= 0.6 is 0 Å². The molecule has 3 rings (SSSR count). The quantitative estimate of drug-likeness (QED) is 0.910. The van der Waals surface area contributed by atoms with Crippen LogP contribution in [0.2, 0.25) is 0 Å². The van der Waals surface area contributed by atoms with E-state index in [-0.39, 0.29) is 5.82 Å². The van der Waals surface area contributed by atoms with Gasteiger partial charge >= 0.3 is 0 Å². The van der Waals surface area contributed by atoms with Crippen LogP contribution in [0.4, 0.5) is 4.39 Å². The van der Waals surface area contributed by atoms with Crippen LogP contribution in [-0.4, -0.2) is 30.6 Å². The molecule has 2 aliphatic rings. The number of nitrogens with zero attached hydrogens (tertiary/aromatic N) is 1. The van der Waals surface area contributed by atoms with E-state index in [2.05, 4.69) is 24.2 Å². The Bertz CT molecular complexity index is 488. The standard InChI is InChI=1S/C18H27FN2/c1-4-20-18(13-5-8-17(19)12(2)9-13)14-10-15-6-7-16(11-14)21(15)3/h5,8-9,14-16,18,20H,4,6-7,10-11H2,1-3H3. The van der Waals surface area contributed by atoms with E-state index in [0.717, 1.165) is 24.2 Å². The highest BCUT2D eigenvalue weighted by molar-refractivity contribution is 5.27. The molecule has 3 unspecified atom stereocenters. The maximum absolute atomic E-state index is 13.5. The van der Waals surface area contributed by atoms with Crippen molar-refractivity contribution in [2.45, 2.75) is 57.7 Å². The average molecular weight is 290 g/mol. The van der Waals surface area contributed by atoms with Crippen LogP contribution in [0, 0.1) is 18.7 Å². The van der Waals surface area contributed by atoms with Crippen LogP contribution in [-0.2, 0) is 0 Å². The lowest BCUT2D eigenvalue weighted by molar-refractivity contribution is 0.113. The van der Waals surface area contributed by atoms with Crippen LogP contribution in [0.5, 0.6) is 0 Å². The SMILES string of the molecule is CCNC(c1ccc(F)c(C)c1)C1CC2CCC(C1)N2C. The zero-order chi connectivity index (χ0) is 15.0. The minimum atomic E-state index is -0.0996. The van der Waals surface area contributed by atoms with Gasteiger partial charge < -0.3 is 10.2 Å². The summed E-state index contributed by atoms with van der Waals surface area (Å²) >= 11 is 0. The van der Waals surface area contributed by atoms with E-state index in [1.54, 1.807) is 6.07 Å². The lowest BCUT2D eigenvalue weighted by Crippen LogP contribution is -2.43. The van der Waals surface area contributed by atoms with Crippen LogP contribution in [0.3, 0.4) is 0 Å². The van der Waals surface area contributed by atoms with Gasteiger partial charge in [-0.05, 0) is 69.3 Å². The topological polar surface area (TPSA) is 15.3 Å². The Labute approximate surface area is 127 Å². The molecule has 1 aromatic carbocycles. The molecule has 3 heteroatoms. The monoisotopic (exact) mass is 290 g/mol. The van der Waals surface area contributed by atoms with E-state index in [1.807, 2.05) is 19.1 Å². The van der Waals surface area contributed by atoms with Crippen molar-refractivity contribution in [3.05, 3.63) is 35.1 Å². The molecule has 0 aromatic heterocycles. The van der Waals surface area contributed by atoms with E-state index >= 15 is 0 Å². The fourth-order valence-electron chi connectivity index (χ4n) is 4.36. The van der Waals surface area contributed by atoms with Gasteiger partial charge in [0.15, 0.2) is 0 Å². The molecule has 21 heavy (non-hydrogen) atoms. The first-order chi connectivity index (χ1) is 10.1. The Morgan fingerprint density at radius 3 is 2.52 bits per heavy atom. The molecular formula is C18H27FN2. The molecule has 0 amide bonds. The average Bonchev–Trinajstić information content (AvgIpc) is 2.70. The highest BCUT2D eigenvalue weighted by Crippen LogP contribution is 2.42. The number of fused-ring (bicyclic) bond motifs is 2. The summed E-state index contributed by atoms with van der Waals surface area (Å²) in [5.41, 5.74) is 2.01. The number of halogens is 1. The predicted molar refractivity (Wildman–Crippen MR) is 84.9 cm³/mol. The summed E-state index contributed by atoms with van der Waals surface area (Å²) in [6.07, 6.45) is 5.22. The van der Waals surface area contributed by atoms with Crippen LogP contribution in [0.1, 0.15) is 49.8 Å². The molecule has 0 radical (unpaired) electrons. The normalized spacial score (nSPS) is 30.6. The molecule has 2 heterocycles. The number of rotatable bonds is 4. The Morgan fingerprint density at radius 2 is 1.95 bits per heavy atom. The van der Waals surface area contributed by atoms with Crippen molar-refractivity contribution in [1.82, 2.24) is 10.2 Å². The summed E-state index contributed by atoms with van der Waals surface area (Å²) < 4.78 is 13.5. The molecule has 0 spiro atoms. The molecule has 2 fully saturated rings. The Morgan fingerprint density at radius 1 is 1.29 bits per heavy atom. The summed E-state index contributed by atoms with van der Waals surface area (Å²) in [6.45, 7) is 4.98. The first-order valence-corrected chi connectivity index (χ1v) is 8.31. The highest BCUT2D eigenvalue weighted by Gasteiger charge is 2.41. The second-order valence-corrected chi connectivity index (χ2v) is 6.83. The van der Waals surface area contributed by atoms with Gasteiger partial charge in [-0.1, -0.05) is 19.1 Å². The molecule has 2 nitrogen and oxygen atoms in total. The Hall–Kier alpha value is -0.930. The lowest BCUT2D eigenvalue weighted by Gasteiger charge is -2.40. The van der Waals surface area contributed by atoms with Crippen LogP contribution in [0.15, 0.2) is 18.2 Å². The third-order valence-corrected chi connectivity index (χ3v) is 5.57. The second kappa shape index (κ2) is 6.05. The van der Waals surface area contributed by atoms with Crippen molar-refractivity contribution >= 4 is 0 Å². The molecule has 1 aromatic rings. The van der Waals surface area contributed by atoms with Gasteiger partial charge in [-0.2, -0.15) is 0 Å². The first kappa shape index (κ1) is 15.0. The van der Waals surface area contributed by atoms with Crippen molar-refractivity contribution in [3.8, 4) is 0 Å². The van der Waals surface area contributed by atoms with Gasteiger partial charge in [0.2, 0.25) is 0 Å². The second-order valence-electron chi connectivity index (χ2n) is 6.83. The minimum Gasteiger partial charge on any atom is -0.310 e. The van der Waals surface area contributed by atoms with Crippen LogP contribution in [0.25, 0.3) is 0 Å². The molecule has 2 saturated heterocycles. The number of hydrogen-bond acceptors (Lipinski definition) is 2. The van der Waals surface area contributed by atoms with Gasteiger partial charge in [0.1, 0.15) is 5.82 Å². The summed E-state index contributed by atoms with van der Waals surface area (Å²) in [5.74, 6) is 0.570. The Balaban J connectivity index is 1.83. The van der Waals surface area contributed by atoms with Gasteiger partial charge in [-0.15, -0.1) is 0 Å².